The number of hydrogen-bond donors (Lipinski definition) is 1. The molecule has 0 spiro atoms. The highest BCUT2D eigenvalue weighted by Gasteiger charge is 2.08. The lowest BCUT2D eigenvalue weighted by Gasteiger charge is -2.17. The zero-order valence-electron chi connectivity index (χ0n) is 9.91. The number of aliphatic hydroxyl groups excluding tert-OH is 1. The molecule has 1 N–H and O–H groups in total. The minimum atomic E-state index is -0.163. The second-order valence-corrected chi connectivity index (χ2v) is 3.30. The first kappa shape index (κ1) is 14.8. The van der Waals surface area contributed by atoms with Crippen LogP contribution in [0.1, 0.15) is 33.1 Å². The molecule has 0 unspecified atom stereocenters. The Morgan fingerprint density at radius 1 is 0.933 bits per heavy atom. The second-order valence-electron chi connectivity index (χ2n) is 3.30. The molecule has 4 heteroatoms. The van der Waals surface area contributed by atoms with Gasteiger partial charge >= 0.3 is 0 Å². The van der Waals surface area contributed by atoms with Gasteiger partial charge in [0.05, 0.1) is 19.8 Å². The van der Waals surface area contributed by atoms with E-state index in [4.69, 9.17) is 19.3 Å². The predicted molar refractivity (Wildman–Crippen MR) is 58.8 cm³/mol. The Labute approximate surface area is 92.5 Å². The summed E-state index contributed by atoms with van der Waals surface area (Å²) in [6, 6.07) is 0. The van der Waals surface area contributed by atoms with Crippen molar-refractivity contribution in [2.24, 2.45) is 0 Å². The van der Waals surface area contributed by atoms with E-state index in [1.165, 1.54) is 0 Å². The van der Waals surface area contributed by atoms with Gasteiger partial charge in [-0.1, -0.05) is 13.8 Å². The third-order valence-corrected chi connectivity index (χ3v) is 1.75. The van der Waals surface area contributed by atoms with E-state index in [0.29, 0.717) is 26.4 Å². The molecule has 0 aromatic rings. The maximum absolute atomic E-state index is 8.53. The van der Waals surface area contributed by atoms with Crippen LogP contribution in [0.3, 0.4) is 0 Å². The van der Waals surface area contributed by atoms with Crippen molar-refractivity contribution in [3.8, 4) is 0 Å². The minimum Gasteiger partial charge on any atom is -0.394 e. The van der Waals surface area contributed by atoms with Crippen molar-refractivity contribution in [1.82, 2.24) is 0 Å². The van der Waals surface area contributed by atoms with Crippen LogP contribution < -0.4 is 0 Å². The Kier molecular flexibility index (Phi) is 11.8. The fraction of sp³-hybridized carbons (Fsp3) is 1.00. The molecule has 0 aromatic heterocycles. The Bertz CT molecular complexity index is 111. The molecule has 0 radical (unpaired) electrons. The first-order chi connectivity index (χ1) is 7.35. The van der Waals surface area contributed by atoms with E-state index >= 15 is 0 Å². The zero-order valence-corrected chi connectivity index (χ0v) is 9.91. The lowest BCUT2D eigenvalue weighted by Crippen LogP contribution is -2.21. The van der Waals surface area contributed by atoms with Gasteiger partial charge in [-0.3, -0.25) is 0 Å². The summed E-state index contributed by atoms with van der Waals surface area (Å²) in [4.78, 5) is 0. The SMILES string of the molecule is CCCOC(CCOCCO)OCCC. The van der Waals surface area contributed by atoms with Gasteiger partial charge in [0.15, 0.2) is 6.29 Å². The maximum atomic E-state index is 8.53. The van der Waals surface area contributed by atoms with Crippen molar-refractivity contribution in [3.63, 3.8) is 0 Å². The average Bonchev–Trinajstić information content (AvgIpc) is 2.27. The van der Waals surface area contributed by atoms with Crippen molar-refractivity contribution in [2.75, 3.05) is 33.0 Å². The Balaban J connectivity index is 3.49. The van der Waals surface area contributed by atoms with Crippen molar-refractivity contribution >= 4 is 0 Å². The lowest BCUT2D eigenvalue weighted by atomic mass is 10.4. The smallest absolute Gasteiger partial charge is 0.159 e. The summed E-state index contributed by atoms with van der Waals surface area (Å²) in [6.45, 7) is 6.59. The molecule has 4 nitrogen and oxygen atoms in total. The molecule has 0 saturated carbocycles. The van der Waals surface area contributed by atoms with E-state index in [2.05, 4.69) is 13.8 Å². The highest BCUT2D eigenvalue weighted by Crippen LogP contribution is 2.03. The lowest BCUT2D eigenvalue weighted by molar-refractivity contribution is -0.152. The fourth-order valence-electron chi connectivity index (χ4n) is 1.06. The molecule has 0 aliphatic carbocycles. The van der Waals surface area contributed by atoms with Crippen LogP contribution in [-0.2, 0) is 14.2 Å². The van der Waals surface area contributed by atoms with E-state index in [1.807, 2.05) is 0 Å². The normalized spacial score (nSPS) is 11.2. The highest BCUT2D eigenvalue weighted by molar-refractivity contribution is 4.45. The van der Waals surface area contributed by atoms with Crippen molar-refractivity contribution in [2.45, 2.75) is 39.4 Å². The van der Waals surface area contributed by atoms with Crippen molar-refractivity contribution < 1.29 is 19.3 Å². The van der Waals surface area contributed by atoms with Gasteiger partial charge < -0.3 is 19.3 Å². The van der Waals surface area contributed by atoms with Crippen molar-refractivity contribution in [3.05, 3.63) is 0 Å². The van der Waals surface area contributed by atoms with Crippen LogP contribution >= 0.6 is 0 Å². The summed E-state index contributed by atoms with van der Waals surface area (Å²) in [5.74, 6) is 0. The van der Waals surface area contributed by atoms with Gasteiger partial charge in [0.2, 0.25) is 0 Å². The molecule has 0 rings (SSSR count). The molecule has 0 atom stereocenters. The number of ether oxygens (including phenoxy) is 3. The summed E-state index contributed by atoms with van der Waals surface area (Å²) >= 11 is 0. The maximum Gasteiger partial charge on any atom is 0.159 e. The van der Waals surface area contributed by atoms with E-state index in [-0.39, 0.29) is 12.9 Å². The molecule has 15 heavy (non-hydrogen) atoms. The van der Waals surface area contributed by atoms with Crippen LogP contribution in [0.15, 0.2) is 0 Å². The molecule has 0 aliphatic rings. The molecule has 0 aliphatic heterocycles. The topological polar surface area (TPSA) is 47.9 Å². The Morgan fingerprint density at radius 3 is 2.00 bits per heavy atom. The third kappa shape index (κ3) is 10.1. The summed E-state index contributed by atoms with van der Waals surface area (Å²) in [5.41, 5.74) is 0. The van der Waals surface area contributed by atoms with Gasteiger partial charge in [-0.05, 0) is 12.8 Å². The summed E-state index contributed by atoms with van der Waals surface area (Å²) in [5, 5.41) is 8.53. The monoisotopic (exact) mass is 220 g/mol. The molecule has 0 aromatic carbocycles. The standard InChI is InChI=1S/C11H24O4/c1-3-7-14-11(15-8-4-2)5-9-13-10-6-12/h11-12H,3-10H2,1-2H3. The second kappa shape index (κ2) is 11.9. The molecular weight excluding hydrogens is 196 g/mol. The summed E-state index contributed by atoms with van der Waals surface area (Å²) in [6.07, 6.45) is 2.54. The number of aliphatic hydroxyl groups is 1. The quantitative estimate of drug-likeness (QED) is 0.424. The largest absolute Gasteiger partial charge is 0.394 e. The van der Waals surface area contributed by atoms with Gasteiger partial charge in [-0.15, -0.1) is 0 Å². The van der Waals surface area contributed by atoms with Gasteiger partial charge in [0.1, 0.15) is 0 Å². The summed E-state index contributed by atoms with van der Waals surface area (Å²) in [7, 11) is 0. The van der Waals surface area contributed by atoms with Crippen LogP contribution in [0, 0.1) is 0 Å². The molecule has 92 valence electrons. The highest BCUT2D eigenvalue weighted by atomic mass is 16.7. The third-order valence-electron chi connectivity index (χ3n) is 1.75. The van der Waals surface area contributed by atoms with Crippen LogP contribution in [0.25, 0.3) is 0 Å². The van der Waals surface area contributed by atoms with Crippen LogP contribution in [0.2, 0.25) is 0 Å². The molecule has 0 fully saturated rings. The first-order valence-corrected chi connectivity index (χ1v) is 5.76. The van der Waals surface area contributed by atoms with Gasteiger partial charge in [0.25, 0.3) is 0 Å². The van der Waals surface area contributed by atoms with E-state index in [9.17, 15) is 0 Å². The minimum absolute atomic E-state index is 0.0658. The molecular formula is C11H24O4. The fourth-order valence-corrected chi connectivity index (χ4v) is 1.06. The molecule has 0 heterocycles. The number of hydrogen-bond acceptors (Lipinski definition) is 4. The first-order valence-electron chi connectivity index (χ1n) is 5.76. The number of rotatable bonds is 11. The molecule has 0 saturated heterocycles. The van der Waals surface area contributed by atoms with Crippen LogP contribution in [0.5, 0.6) is 0 Å². The van der Waals surface area contributed by atoms with Gasteiger partial charge in [-0.25, -0.2) is 0 Å². The van der Waals surface area contributed by atoms with E-state index in [1.54, 1.807) is 0 Å². The van der Waals surface area contributed by atoms with E-state index in [0.717, 1.165) is 19.3 Å². The van der Waals surface area contributed by atoms with Crippen molar-refractivity contribution in [1.29, 1.82) is 0 Å². The van der Waals surface area contributed by atoms with E-state index < -0.39 is 0 Å². The van der Waals surface area contributed by atoms with Gasteiger partial charge in [-0.2, -0.15) is 0 Å². The summed E-state index contributed by atoms with van der Waals surface area (Å²) < 4.78 is 16.2. The molecule has 0 amide bonds. The molecule has 0 bridgehead atoms. The van der Waals surface area contributed by atoms with Gasteiger partial charge in [0, 0.05) is 19.6 Å². The van der Waals surface area contributed by atoms with Crippen LogP contribution in [0.4, 0.5) is 0 Å². The Hall–Kier alpha value is -0.160. The predicted octanol–water partition coefficient (Wildman–Crippen LogP) is 1.56. The van der Waals surface area contributed by atoms with Crippen LogP contribution in [-0.4, -0.2) is 44.4 Å². The Morgan fingerprint density at radius 2 is 1.53 bits per heavy atom. The zero-order chi connectivity index (χ0) is 11.4. The average molecular weight is 220 g/mol.